The fraction of sp³-hybridized carbons (Fsp3) is 0.312. The summed E-state index contributed by atoms with van der Waals surface area (Å²) in [5.74, 6) is -0.181. The first-order valence-corrected chi connectivity index (χ1v) is 6.46. The third-order valence-corrected chi connectivity index (χ3v) is 3.28. The number of phenols is 1. The van der Waals surface area contributed by atoms with Crippen LogP contribution < -0.4 is 0 Å². The maximum Gasteiger partial charge on any atom is 0.418 e. The summed E-state index contributed by atoms with van der Waals surface area (Å²) < 4.78 is 39.2. The third kappa shape index (κ3) is 3.17. The van der Waals surface area contributed by atoms with Gasteiger partial charge in [-0.2, -0.15) is 13.2 Å². The van der Waals surface area contributed by atoms with Gasteiger partial charge < -0.3 is 5.11 Å². The molecule has 0 spiro atoms. The zero-order chi connectivity index (χ0) is 15.8. The van der Waals surface area contributed by atoms with Gasteiger partial charge in [0, 0.05) is 23.5 Å². The van der Waals surface area contributed by atoms with E-state index in [-0.39, 0.29) is 22.3 Å². The fourth-order valence-electron chi connectivity index (χ4n) is 2.07. The van der Waals surface area contributed by atoms with Crippen LogP contribution in [-0.2, 0) is 11.6 Å². The molecule has 0 atom stereocenters. The lowest BCUT2D eigenvalue weighted by molar-refractivity contribution is -0.137. The maximum absolute atomic E-state index is 13.1. The Balaban J connectivity index is 2.68. The van der Waals surface area contributed by atoms with E-state index >= 15 is 0 Å². The highest BCUT2D eigenvalue weighted by Gasteiger charge is 2.34. The average Bonchev–Trinajstić information content (AvgIpc) is 2.37. The smallest absolute Gasteiger partial charge is 0.418 e. The third-order valence-electron chi connectivity index (χ3n) is 3.28. The van der Waals surface area contributed by atoms with E-state index in [1.165, 1.54) is 18.3 Å². The van der Waals surface area contributed by atoms with Gasteiger partial charge >= 0.3 is 6.18 Å². The van der Waals surface area contributed by atoms with Gasteiger partial charge in [-0.3, -0.25) is 4.98 Å². The molecule has 5 heteroatoms. The molecule has 0 aliphatic rings. The minimum Gasteiger partial charge on any atom is -0.507 e. The summed E-state index contributed by atoms with van der Waals surface area (Å²) in [5.41, 5.74) is -0.140. The number of halogens is 3. The summed E-state index contributed by atoms with van der Waals surface area (Å²) >= 11 is 0. The van der Waals surface area contributed by atoms with Gasteiger partial charge in [0.25, 0.3) is 0 Å². The lowest BCUT2D eigenvalue weighted by Crippen LogP contribution is -2.11. The Morgan fingerprint density at radius 1 is 1.00 bits per heavy atom. The second-order valence-electron chi connectivity index (χ2n) is 5.90. The van der Waals surface area contributed by atoms with Crippen LogP contribution in [0, 0.1) is 0 Å². The van der Waals surface area contributed by atoms with Crippen molar-refractivity contribution in [3.8, 4) is 16.9 Å². The van der Waals surface area contributed by atoms with E-state index in [1.807, 2.05) is 20.8 Å². The predicted octanol–water partition coefficient (Wildman–Crippen LogP) is 4.77. The summed E-state index contributed by atoms with van der Waals surface area (Å²) in [7, 11) is 0. The number of hydrogen-bond donors (Lipinski definition) is 1. The van der Waals surface area contributed by atoms with Gasteiger partial charge in [-0.1, -0.05) is 26.8 Å². The number of nitrogens with zero attached hydrogens (tertiary/aromatic N) is 1. The molecular formula is C16H16F3NO. The SMILES string of the molecule is CC(C)(C)c1ccc(O)c(-c2ccncc2C(F)(F)F)c1. The van der Waals surface area contributed by atoms with Gasteiger partial charge in [0.15, 0.2) is 0 Å². The summed E-state index contributed by atoms with van der Waals surface area (Å²) in [6.45, 7) is 5.88. The maximum atomic E-state index is 13.1. The molecule has 0 saturated carbocycles. The number of rotatable bonds is 1. The lowest BCUT2D eigenvalue weighted by atomic mass is 9.85. The number of aromatic hydroxyl groups is 1. The Kier molecular flexibility index (Phi) is 3.70. The molecule has 1 aromatic carbocycles. The van der Waals surface area contributed by atoms with Gasteiger partial charge in [-0.05, 0) is 29.2 Å². The molecule has 0 aliphatic carbocycles. The molecule has 0 aliphatic heterocycles. The molecule has 0 fully saturated rings. The highest BCUT2D eigenvalue weighted by atomic mass is 19.4. The largest absolute Gasteiger partial charge is 0.507 e. The van der Waals surface area contributed by atoms with Crippen molar-refractivity contribution in [3.05, 3.63) is 47.8 Å². The Labute approximate surface area is 121 Å². The molecule has 0 unspecified atom stereocenters. The molecule has 21 heavy (non-hydrogen) atoms. The number of benzene rings is 1. The number of hydrogen-bond acceptors (Lipinski definition) is 2. The van der Waals surface area contributed by atoms with Gasteiger partial charge in [-0.25, -0.2) is 0 Å². The van der Waals surface area contributed by atoms with E-state index in [4.69, 9.17) is 0 Å². The second kappa shape index (κ2) is 5.06. The molecule has 0 amide bonds. The Morgan fingerprint density at radius 3 is 2.24 bits per heavy atom. The van der Waals surface area contributed by atoms with E-state index in [0.29, 0.717) is 0 Å². The van der Waals surface area contributed by atoms with Crippen molar-refractivity contribution >= 4 is 0 Å². The minimum atomic E-state index is -4.52. The van der Waals surface area contributed by atoms with Crippen molar-refractivity contribution in [2.24, 2.45) is 0 Å². The van der Waals surface area contributed by atoms with Crippen LogP contribution in [0.25, 0.3) is 11.1 Å². The summed E-state index contributed by atoms with van der Waals surface area (Å²) in [6, 6.07) is 6.01. The molecule has 112 valence electrons. The molecule has 2 aromatic rings. The van der Waals surface area contributed by atoms with E-state index in [0.717, 1.165) is 11.8 Å². The molecule has 0 bridgehead atoms. The zero-order valence-corrected chi connectivity index (χ0v) is 12.0. The average molecular weight is 295 g/mol. The van der Waals surface area contributed by atoms with E-state index < -0.39 is 11.7 Å². The summed E-state index contributed by atoms with van der Waals surface area (Å²) in [5, 5.41) is 9.96. The van der Waals surface area contributed by atoms with Crippen LogP contribution in [0.3, 0.4) is 0 Å². The number of phenolic OH excluding ortho intramolecular Hbond substituents is 1. The van der Waals surface area contributed by atoms with Crippen LogP contribution in [0.2, 0.25) is 0 Å². The Bertz CT molecular complexity index is 657. The topological polar surface area (TPSA) is 33.1 Å². The first-order chi connectivity index (χ1) is 9.60. The first-order valence-electron chi connectivity index (χ1n) is 6.46. The van der Waals surface area contributed by atoms with Crippen LogP contribution in [0.15, 0.2) is 36.7 Å². The number of aromatic nitrogens is 1. The first kappa shape index (κ1) is 15.4. The van der Waals surface area contributed by atoms with Crippen LogP contribution in [0.1, 0.15) is 31.9 Å². The highest BCUT2D eigenvalue weighted by molar-refractivity contribution is 5.74. The molecule has 0 saturated heterocycles. The van der Waals surface area contributed by atoms with Crippen LogP contribution in [0.5, 0.6) is 5.75 Å². The van der Waals surface area contributed by atoms with Crippen molar-refractivity contribution in [2.75, 3.05) is 0 Å². The number of pyridine rings is 1. The Hall–Kier alpha value is -2.04. The normalized spacial score (nSPS) is 12.5. The molecule has 2 nitrogen and oxygen atoms in total. The quantitative estimate of drug-likeness (QED) is 0.822. The minimum absolute atomic E-state index is 0.0684. The molecule has 0 radical (unpaired) electrons. The monoisotopic (exact) mass is 295 g/mol. The molecular weight excluding hydrogens is 279 g/mol. The Morgan fingerprint density at radius 2 is 1.67 bits per heavy atom. The van der Waals surface area contributed by atoms with Crippen LogP contribution >= 0.6 is 0 Å². The van der Waals surface area contributed by atoms with Crippen LogP contribution in [-0.4, -0.2) is 10.1 Å². The van der Waals surface area contributed by atoms with Crippen molar-refractivity contribution in [1.29, 1.82) is 0 Å². The van der Waals surface area contributed by atoms with Gasteiger partial charge in [0.2, 0.25) is 0 Å². The summed E-state index contributed by atoms with van der Waals surface area (Å²) in [6.07, 6.45) is -2.46. The lowest BCUT2D eigenvalue weighted by Gasteiger charge is -2.21. The van der Waals surface area contributed by atoms with Crippen molar-refractivity contribution in [1.82, 2.24) is 4.98 Å². The van der Waals surface area contributed by atoms with E-state index in [1.54, 1.807) is 12.1 Å². The van der Waals surface area contributed by atoms with Gasteiger partial charge in [-0.15, -0.1) is 0 Å². The van der Waals surface area contributed by atoms with Crippen molar-refractivity contribution < 1.29 is 18.3 Å². The molecule has 1 heterocycles. The molecule has 1 N–H and O–H groups in total. The molecule has 1 aromatic heterocycles. The summed E-state index contributed by atoms with van der Waals surface area (Å²) in [4.78, 5) is 3.54. The van der Waals surface area contributed by atoms with Crippen LogP contribution in [0.4, 0.5) is 13.2 Å². The number of alkyl halides is 3. The predicted molar refractivity (Wildman–Crippen MR) is 75.0 cm³/mol. The van der Waals surface area contributed by atoms with Gasteiger partial charge in [0.1, 0.15) is 5.75 Å². The molecule has 2 rings (SSSR count). The zero-order valence-electron chi connectivity index (χ0n) is 12.0. The van der Waals surface area contributed by atoms with E-state index in [2.05, 4.69) is 4.98 Å². The standard InChI is InChI=1S/C16H16F3NO/c1-15(2,3)10-4-5-14(21)12(8-10)11-6-7-20-9-13(11)16(17,18)19/h4-9,21H,1-3H3. The highest BCUT2D eigenvalue weighted by Crippen LogP contribution is 2.40. The second-order valence-corrected chi connectivity index (χ2v) is 5.90. The van der Waals surface area contributed by atoms with Crippen molar-refractivity contribution in [3.63, 3.8) is 0 Å². The fourth-order valence-corrected chi connectivity index (χ4v) is 2.07. The van der Waals surface area contributed by atoms with E-state index in [9.17, 15) is 18.3 Å². The van der Waals surface area contributed by atoms with Crippen molar-refractivity contribution in [2.45, 2.75) is 32.4 Å². The van der Waals surface area contributed by atoms with Gasteiger partial charge in [0.05, 0.1) is 5.56 Å².